The van der Waals surface area contributed by atoms with Crippen LogP contribution in [0.5, 0.6) is 0 Å². The van der Waals surface area contributed by atoms with Crippen molar-refractivity contribution in [2.45, 2.75) is 52.0 Å². The molecule has 16 heavy (non-hydrogen) atoms. The molecule has 0 spiro atoms. The molecule has 0 heterocycles. The number of hydrogen-bond acceptors (Lipinski definition) is 1. The van der Waals surface area contributed by atoms with E-state index in [-0.39, 0.29) is 6.04 Å². The Hall–Kier alpha value is -0.340. The van der Waals surface area contributed by atoms with Gasteiger partial charge >= 0.3 is 0 Å². The molecular formula is C14H22BrN. The summed E-state index contributed by atoms with van der Waals surface area (Å²) in [5.41, 5.74) is 8.79. The van der Waals surface area contributed by atoms with Crippen molar-refractivity contribution >= 4 is 15.9 Å². The van der Waals surface area contributed by atoms with Crippen molar-refractivity contribution < 1.29 is 0 Å². The third-order valence-corrected chi connectivity index (χ3v) is 3.94. The normalized spacial score (nSPS) is 12.8. The van der Waals surface area contributed by atoms with Gasteiger partial charge in [-0.25, -0.2) is 0 Å². The third kappa shape index (κ3) is 3.91. The van der Waals surface area contributed by atoms with Gasteiger partial charge in [-0.05, 0) is 30.5 Å². The van der Waals surface area contributed by atoms with E-state index in [9.17, 15) is 0 Å². The quantitative estimate of drug-likeness (QED) is 0.751. The van der Waals surface area contributed by atoms with Crippen molar-refractivity contribution in [2.24, 2.45) is 5.73 Å². The van der Waals surface area contributed by atoms with Crippen molar-refractivity contribution in [2.75, 3.05) is 0 Å². The van der Waals surface area contributed by atoms with Gasteiger partial charge < -0.3 is 5.73 Å². The molecule has 1 unspecified atom stereocenters. The summed E-state index contributed by atoms with van der Waals surface area (Å²) in [6.45, 7) is 4.36. The SMILES string of the molecule is CCCCCCC(N)c1cccc(Br)c1C. The van der Waals surface area contributed by atoms with Gasteiger partial charge in [-0.3, -0.25) is 0 Å². The maximum atomic E-state index is 6.23. The van der Waals surface area contributed by atoms with Crippen molar-refractivity contribution in [3.05, 3.63) is 33.8 Å². The minimum atomic E-state index is 0.189. The molecular weight excluding hydrogens is 262 g/mol. The van der Waals surface area contributed by atoms with Gasteiger partial charge in [-0.1, -0.05) is 60.7 Å². The zero-order chi connectivity index (χ0) is 12.0. The van der Waals surface area contributed by atoms with Gasteiger partial charge in [0.05, 0.1) is 0 Å². The standard InChI is InChI=1S/C14H22BrN/c1-3-4-5-6-10-14(16)12-8-7-9-13(15)11(12)2/h7-9,14H,3-6,10,16H2,1-2H3. The van der Waals surface area contributed by atoms with E-state index >= 15 is 0 Å². The molecule has 0 aromatic heterocycles. The Kier molecular flexibility index (Phi) is 6.07. The van der Waals surface area contributed by atoms with Crippen LogP contribution in [-0.4, -0.2) is 0 Å². The van der Waals surface area contributed by atoms with Gasteiger partial charge in [0.25, 0.3) is 0 Å². The molecule has 90 valence electrons. The number of hydrogen-bond donors (Lipinski definition) is 1. The van der Waals surface area contributed by atoms with Crippen LogP contribution < -0.4 is 5.73 Å². The van der Waals surface area contributed by atoms with Crippen LogP contribution in [0.2, 0.25) is 0 Å². The maximum absolute atomic E-state index is 6.23. The number of benzene rings is 1. The van der Waals surface area contributed by atoms with Gasteiger partial charge in [0.2, 0.25) is 0 Å². The first-order chi connectivity index (χ1) is 7.66. The first kappa shape index (κ1) is 13.7. The van der Waals surface area contributed by atoms with Crippen LogP contribution in [0.25, 0.3) is 0 Å². The molecule has 0 fully saturated rings. The summed E-state index contributed by atoms with van der Waals surface area (Å²) < 4.78 is 1.16. The molecule has 2 heteroatoms. The molecule has 0 bridgehead atoms. The molecule has 0 aliphatic rings. The van der Waals surface area contributed by atoms with Gasteiger partial charge in [0.1, 0.15) is 0 Å². The first-order valence-electron chi connectivity index (χ1n) is 6.17. The highest BCUT2D eigenvalue weighted by Gasteiger charge is 2.09. The smallest absolute Gasteiger partial charge is 0.0297 e. The van der Waals surface area contributed by atoms with Gasteiger partial charge in [0.15, 0.2) is 0 Å². The molecule has 1 aromatic rings. The number of rotatable bonds is 6. The molecule has 0 amide bonds. The van der Waals surface area contributed by atoms with Gasteiger partial charge in [-0.2, -0.15) is 0 Å². The predicted octanol–water partition coefficient (Wildman–Crippen LogP) is 4.73. The molecule has 2 N–H and O–H groups in total. The Morgan fingerprint density at radius 3 is 2.69 bits per heavy atom. The molecule has 1 nitrogen and oxygen atoms in total. The highest BCUT2D eigenvalue weighted by atomic mass is 79.9. The highest BCUT2D eigenvalue weighted by molar-refractivity contribution is 9.10. The minimum Gasteiger partial charge on any atom is -0.324 e. The molecule has 0 aliphatic carbocycles. The molecule has 0 aliphatic heterocycles. The number of nitrogens with two attached hydrogens (primary N) is 1. The zero-order valence-electron chi connectivity index (χ0n) is 10.3. The van der Waals surface area contributed by atoms with Crippen LogP contribution in [0.15, 0.2) is 22.7 Å². The second kappa shape index (κ2) is 7.08. The summed E-state index contributed by atoms with van der Waals surface area (Å²) in [5, 5.41) is 0. The average Bonchev–Trinajstić information content (AvgIpc) is 2.28. The predicted molar refractivity (Wildman–Crippen MR) is 74.6 cm³/mol. The Balaban J connectivity index is 2.52. The molecule has 1 rings (SSSR count). The van der Waals surface area contributed by atoms with Crippen LogP contribution >= 0.6 is 15.9 Å². The van der Waals surface area contributed by atoms with Crippen molar-refractivity contribution in [1.82, 2.24) is 0 Å². The maximum Gasteiger partial charge on any atom is 0.0297 e. The monoisotopic (exact) mass is 283 g/mol. The summed E-state index contributed by atoms with van der Waals surface area (Å²) in [7, 11) is 0. The largest absolute Gasteiger partial charge is 0.324 e. The van der Waals surface area contributed by atoms with Gasteiger partial charge in [0, 0.05) is 10.5 Å². The van der Waals surface area contributed by atoms with E-state index in [0.717, 1.165) is 10.9 Å². The van der Waals surface area contributed by atoms with E-state index in [0.29, 0.717) is 0 Å². The molecule has 1 aromatic carbocycles. The lowest BCUT2D eigenvalue weighted by molar-refractivity contribution is 0.564. The fourth-order valence-electron chi connectivity index (χ4n) is 1.97. The van der Waals surface area contributed by atoms with Crippen LogP contribution in [0.1, 0.15) is 56.2 Å². The van der Waals surface area contributed by atoms with Crippen LogP contribution in [0.3, 0.4) is 0 Å². The minimum absolute atomic E-state index is 0.189. The molecule has 0 saturated heterocycles. The van der Waals surface area contributed by atoms with E-state index in [2.05, 4.69) is 48.0 Å². The van der Waals surface area contributed by atoms with Crippen LogP contribution in [0.4, 0.5) is 0 Å². The number of halogens is 1. The molecule has 1 atom stereocenters. The average molecular weight is 284 g/mol. The molecule has 0 radical (unpaired) electrons. The lowest BCUT2D eigenvalue weighted by atomic mass is 9.97. The van der Waals surface area contributed by atoms with E-state index in [1.54, 1.807) is 0 Å². The lowest BCUT2D eigenvalue weighted by Gasteiger charge is -2.15. The van der Waals surface area contributed by atoms with E-state index in [1.807, 2.05) is 0 Å². The Labute approximate surface area is 108 Å². The van der Waals surface area contributed by atoms with Crippen LogP contribution in [-0.2, 0) is 0 Å². The fraction of sp³-hybridized carbons (Fsp3) is 0.571. The Bertz CT molecular complexity index is 323. The summed E-state index contributed by atoms with van der Waals surface area (Å²) in [5.74, 6) is 0. The first-order valence-corrected chi connectivity index (χ1v) is 6.96. The number of unbranched alkanes of at least 4 members (excludes halogenated alkanes) is 3. The fourth-order valence-corrected chi connectivity index (χ4v) is 2.35. The van der Waals surface area contributed by atoms with E-state index in [4.69, 9.17) is 5.73 Å². The molecule has 0 saturated carbocycles. The van der Waals surface area contributed by atoms with E-state index < -0.39 is 0 Å². The van der Waals surface area contributed by atoms with Crippen molar-refractivity contribution in [3.63, 3.8) is 0 Å². The topological polar surface area (TPSA) is 26.0 Å². The van der Waals surface area contributed by atoms with E-state index in [1.165, 1.54) is 36.8 Å². The second-order valence-electron chi connectivity index (χ2n) is 4.41. The third-order valence-electron chi connectivity index (χ3n) is 3.08. The lowest BCUT2D eigenvalue weighted by Crippen LogP contribution is -2.11. The van der Waals surface area contributed by atoms with Gasteiger partial charge in [-0.15, -0.1) is 0 Å². The summed E-state index contributed by atoms with van der Waals surface area (Å²) in [6, 6.07) is 6.47. The zero-order valence-corrected chi connectivity index (χ0v) is 11.9. The summed E-state index contributed by atoms with van der Waals surface area (Å²) in [6.07, 6.45) is 6.24. The Morgan fingerprint density at radius 2 is 2.00 bits per heavy atom. The second-order valence-corrected chi connectivity index (χ2v) is 5.26. The van der Waals surface area contributed by atoms with Crippen molar-refractivity contribution in [1.29, 1.82) is 0 Å². The summed E-state index contributed by atoms with van der Waals surface area (Å²) in [4.78, 5) is 0. The van der Waals surface area contributed by atoms with Crippen molar-refractivity contribution in [3.8, 4) is 0 Å². The highest BCUT2D eigenvalue weighted by Crippen LogP contribution is 2.26. The summed E-state index contributed by atoms with van der Waals surface area (Å²) >= 11 is 3.55. The Morgan fingerprint density at radius 1 is 1.25 bits per heavy atom. The van der Waals surface area contributed by atoms with Crippen LogP contribution in [0, 0.1) is 6.92 Å².